The van der Waals surface area contributed by atoms with Gasteiger partial charge in [-0.2, -0.15) is 0 Å². The summed E-state index contributed by atoms with van der Waals surface area (Å²) in [5, 5.41) is 2.92. The largest absolute Gasteiger partial charge is 0.436 e. The number of nitrogens with one attached hydrogen (secondary N) is 1. The molecule has 0 spiro atoms. The maximum Gasteiger partial charge on any atom is 0.234 e. The van der Waals surface area contributed by atoms with E-state index >= 15 is 0 Å². The van der Waals surface area contributed by atoms with E-state index in [1.54, 1.807) is 12.1 Å². The lowest BCUT2D eigenvalue weighted by atomic mass is 9.83. The molecule has 1 amide bonds. The van der Waals surface area contributed by atoms with Gasteiger partial charge in [0.15, 0.2) is 5.58 Å². The predicted octanol–water partition coefficient (Wildman–Crippen LogP) is 5.55. The van der Waals surface area contributed by atoms with Crippen molar-refractivity contribution in [3.05, 3.63) is 84.2 Å². The summed E-state index contributed by atoms with van der Waals surface area (Å²) < 4.78 is 18.9. The highest BCUT2D eigenvalue weighted by molar-refractivity contribution is 5.98. The molecule has 0 fully saturated rings. The number of hydrogen-bond donors (Lipinski definition) is 1. The molecule has 4 aromatic rings. The van der Waals surface area contributed by atoms with Gasteiger partial charge in [-0.25, -0.2) is 9.37 Å². The first kappa shape index (κ1) is 17.9. The summed E-state index contributed by atoms with van der Waals surface area (Å²) in [4.78, 5) is 17.2. The number of nitrogens with zero attached hydrogens (tertiary/aromatic N) is 1. The van der Waals surface area contributed by atoms with Crippen molar-refractivity contribution in [1.82, 2.24) is 4.98 Å². The Labute approximate surface area is 162 Å². The molecule has 4 rings (SSSR count). The molecule has 0 atom stereocenters. The highest BCUT2D eigenvalue weighted by atomic mass is 19.1. The number of hydrogen-bond acceptors (Lipinski definition) is 3. The molecule has 140 valence electrons. The van der Waals surface area contributed by atoms with Crippen LogP contribution in [0.4, 0.5) is 10.1 Å². The number of fused-ring (bicyclic) bond motifs is 1. The Morgan fingerprint density at radius 3 is 2.32 bits per heavy atom. The lowest BCUT2D eigenvalue weighted by Crippen LogP contribution is -2.34. The number of oxazole rings is 1. The van der Waals surface area contributed by atoms with Crippen LogP contribution in [0.25, 0.3) is 22.6 Å². The van der Waals surface area contributed by atoms with Crippen LogP contribution in [-0.4, -0.2) is 10.9 Å². The average Bonchev–Trinajstić information content (AvgIpc) is 3.13. The lowest BCUT2D eigenvalue weighted by molar-refractivity contribution is -0.120. The monoisotopic (exact) mass is 374 g/mol. The zero-order chi connectivity index (χ0) is 19.7. The van der Waals surface area contributed by atoms with E-state index in [1.807, 2.05) is 62.4 Å². The van der Waals surface area contributed by atoms with Crippen molar-refractivity contribution in [2.24, 2.45) is 0 Å². The molecular weight excluding hydrogens is 355 g/mol. The van der Waals surface area contributed by atoms with Gasteiger partial charge in [-0.3, -0.25) is 4.79 Å². The van der Waals surface area contributed by atoms with E-state index in [0.717, 1.165) is 22.2 Å². The highest BCUT2D eigenvalue weighted by Crippen LogP contribution is 2.28. The molecular formula is C23H19FN2O2. The second-order valence-electron chi connectivity index (χ2n) is 7.15. The third-order valence-electron chi connectivity index (χ3n) is 4.82. The molecule has 0 aliphatic rings. The van der Waals surface area contributed by atoms with Gasteiger partial charge in [-0.1, -0.05) is 24.3 Å². The third kappa shape index (κ3) is 3.39. The van der Waals surface area contributed by atoms with E-state index < -0.39 is 5.41 Å². The molecule has 3 aromatic carbocycles. The number of aromatic nitrogens is 1. The van der Waals surface area contributed by atoms with Crippen LogP contribution in [0, 0.1) is 5.82 Å². The summed E-state index contributed by atoms with van der Waals surface area (Å²) in [6, 6.07) is 20.9. The Bertz CT molecular complexity index is 1100. The molecule has 1 N–H and O–H groups in total. The van der Waals surface area contributed by atoms with E-state index in [9.17, 15) is 9.18 Å². The maximum absolute atomic E-state index is 13.2. The minimum atomic E-state index is -0.799. The topological polar surface area (TPSA) is 55.1 Å². The Morgan fingerprint density at radius 1 is 0.964 bits per heavy atom. The number of rotatable bonds is 4. The summed E-state index contributed by atoms with van der Waals surface area (Å²) in [7, 11) is 0. The van der Waals surface area contributed by atoms with Crippen LogP contribution < -0.4 is 5.32 Å². The van der Waals surface area contributed by atoms with Gasteiger partial charge in [0, 0.05) is 11.3 Å². The van der Waals surface area contributed by atoms with E-state index in [-0.39, 0.29) is 11.7 Å². The first-order chi connectivity index (χ1) is 13.4. The van der Waals surface area contributed by atoms with E-state index in [1.165, 1.54) is 12.1 Å². The minimum absolute atomic E-state index is 0.172. The zero-order valence-corrected chi connectivity index (χ0v) is 15.6. The van der Waals surface area contributed by atoms with E-state index in [4.69, 9.17) is 4.42 Å². The zero-order valence-electron chi connectivity index (χ0n) is 15.6. The molecule has 0 aliphatic carbocycles. The van der Waals surface area contributed by atoms with Gasteiger partial charge in [0.25, 0.3) is 0 Å². The fourth-order valence-electron chi connectivity index (χ4n) is 2.98. The lowest BCUT2D eigenvalue weighted by Gasteiger charge is -2.24. The van der Waals surface area contributed by atoms with Crippen molar-refractivity contribution < 1.29 is 13.6 Å². The van der Waals surface area contributed by atoms with Gasteiger partial charge in [-0.05, 0) is 67.9 Å². The summed E-state index contributed by atoms with van der Waals surface area (Å²) >= 11 is 0. The Kier molecular flexibility index (Phi) is 4.43. The van der Waals surface area contributed by atoms with Crippen molar-refractivity contribution in [1.29, 1.82) is 0 Å². The normalized spacial score (nSPS) is 11.5. The standard InChI is InChI=1S/C23H19FN2O2/c1-23(2,16-9-11-17(24)12-10-16)22(27)25-18-13-7-15(8-14-18)21-26-19-5-3-4-6-20(19)28-21/h3-14H,1-2H3,(H,25,27). The predicted molar refractivity (Wildman–Crippen MR) is 108 cm³/mol. The van der Waals surface area contributed by atoms with Crippen molar-refractivity contribution in [3.63, 3.8) is 0 Å². The first-order valence-corrected chi connectivity index (χ1v) is 8.97. The van der Waals surface area contributed by atoms with Gasteiger partial charge >= 0.3 is 0 Å². The molecule has 1 aromatic heterocycles. The van der Waals surface area contributed by atoms with Crippen LogP contribution in [-0.2, 0) is 10.2 Å². The van der Waals surface area contributed by atoms with Gasteiger partial charge in [-0.15, -0.1) is 0 Å². The fraction of sp³-hybridized carbons (Fsp3) is 0.130. The van der Waals surface area contributed by atoms with Crippen molar-refractivity contribution in [2.45, 2.75) is 19.3 Å². The number of carbonyl (C=O) groups excluding carboxylic acids is 1. The number of benzene rings is 3. The summed E-state index contributed by atoms with van der Waals surface area (Å²) in [6.07, 6.45) is 0. The molecule has 0 radical (unpaired) electrons. The van der Waals surface area contributed by atoms with Crippen molar-refractivity contribution >= 4 is 22.7 Å². The molecule has 5 heteroatoms. The van der Waals surface area contributed by atoms with Crippen LogP contribution >= 0.6 is 0 Å². The number of amides is 1. The molecule has 0 aliphatic heterocycles. The first-order valence-electron chi connectivity index (χ1n) is 8.97. The van der Waals surface area contributed by atoms with Crippen LogP contribution in [0.15, 0.2) is 77.2 Å². The van der Waals surface area contributed by atoms with E-state index in [0.29, 0.717) is 11.6 Å². The van der Waals surface area contributed by atoms with Crippen molar-refractivity contribution in [3.8, 4) is 11.5 Å². The number of anilines is 1. The van der Waals surface area contributed by atoms with E-state index in [2.05, 4.69) is 10.3 Å². The molecule has 0 unspecified atom stereocenters. The highest BCUT2D eigenvalue weighted by Gasteiger charge is 2.29. The average molecular weight is 374 g/mol. The third-order valence-corrected chi connectivity index (χ3v) is 4.82. The molecule has 1 heterocycles. The summed E-state index contributed by atoms with van der Waals surface area (Å²) in [6.45, 7) is 3.62. The summed E-state index contributed by atoms with van der Waals surface area (Å²) in [5.41, 5.74) is 2.97. The maximum atomic E-state index is 13.2. The molecule has 0 saturated carbocycles. The Hall–Kier alpha value is -3.47. The summed E-state index contributed by atoms with van der Waals surface area (Å²) in [5.74, 6) is 0.0363. The van der Waals surface area contributed by atoms with Crippen LogP contribution in [0.3, 0.4) is 0 Å². The quantitative estimate of drug-likeness (QED) is 0.509. The smallest absolute Gasteiger partial charge is 0.234 e. The second-order valence-corrected chi connectivity index (χ2v) is 7.15. The van der Waals surface area contributed by atoms with Gasteiger partial charge < -0.3 is 9.73 Å². The molecule has 4 nitrogen and oxygen atoms in total. The Morgan fingerprint density at radius 2 is 1.64 bits per heavy atom. The van der Waals surface area contributed by atoms with Gasteiger partial charge in [0.05, 0.1) is 5.41 Å². The number of para-hydroxylation sites is 2. The number of carbonyl (C=O) groups is 1. The van der Waals surface area contributed by atoms with Gasteiger partial charge in [0.2, 0.25) is 11.8 Å². The van der Waals surface area contributed by atoms with Crippen LogP contribution in [0.5, 0.6) is 0 Å². The molecule has 0 saturated heterocycles. The van der Waals surface area contributed by atoms with Crippen molar-refractivity contribution in [2.75, 3.05) is 5.32 Å². The minimum Gasteiger partial charge on any atom is -0.436 e. The van der Waals surface area contributed by atoms with Crippen LogP contribution in [0.2, 0.25) is 0 Å². The van der Waals surface area contributed by atoms with Gasteiger partial charge in [0.1, 0.15) is 11.3 Å². The second kappa shape index (κ2) is 6.93. The molecule has 0 bridgehead atoms. The Balaban J connectivity index is 1.52. The molecule has 28 heavy (non-hydrogen) atoms. The SMILES string of the molecule is CC(C)(C(=O)Nc1ccc(-c2nc3ccccc3o2)cc1)c1ccc(F)cc1. The van der Waals surface area contributed by atoms with Crippen LogP contribution in [0.1, 0.15) is 19.4 Å². The fourth-order valence-corrected chi connectivity index (χ4v) is 2.98. The number of halogens is 1.